The van der Waals surface area contributed by atoms with Gasteiger partial charge in [-0.1, -0.05) is 41.9 Å². The van der Waals surface area contributed by atoms with Gasteiger partial charge in [0.2, 0.25) is 11.8 Å². The number of hydrogen-bond acceptors (Lipinski definition) is 4. The van der Waals surface area contributed by atoms with E-state index in [-0.39, 0.29) is 12.5 Å². The molecule has 1 atom stereocenters. The number of urea groups is 1. The quantitative estimate of drug-likeness (QED) is 0.667. The average Bonchev–Trinajstić information content (AvgIpc) is 2.79. The number of nitrogens with two attached hydrogens (primary N) is 1. The van der Waals surface area contributed by atoms with E-state index in [0.29, 0.717) is 49.6 Å². The molecule has 1 aliphatic rings. The monoisotopic (exact) mass is 474 g/mol. The maximum Gasteiger partial charge on any atom is 0.321 e. The first-order valence-corrected chi connectivity index (χ1v) is 11.2. The van der Waals surface area contributed by atoms with Crippen LogP contribution in [-0.4, -0.2) is 65.3 Å². The summed E-state index contributed by atoms with van der Waals surface area (Å²) in [6, 6.07) is 12.3. The second-order valence-electron chi connectivity index (χ2n) is 8.05. The Bertz CT molecular complexity index is 979. The summed E-state index contributed by atoms with van der Waals surface area (Å²) in [6.07, 6.45) is 1.01. The molecule has 1 unspecified atom stereocenters. The molecular formula is C24H28ClFN4O3. The molecule has 0 aliphatic carbocycles. The van der Waals surface area contributed by atoms with Gasteiger partial charge in [0.05, 0.1) is 12.6 Å². The summed E-state index contributed by atoms with van der Waals surface area (Å²) in [4.78, 5) is 41.1. The van der Waals surface area contributed by atoms with Crippen molar-refractivity contribution in [3.8, 4) is 0 Å². The largest absolute Gasteiger partial charge is 0.351 e. The van der Waals surface area contributed by atoms with Gasteiger partial charge in [0, 0.05) is 50.1 Å². The molecule has 0 spiro atoms. The molecule has 3 rings (SSSR count). The van der Waals surface area contributed by atoms with E-state index < -0.39 is 23.8 Å². The molecule has 1 saturated heterocycles. The van der Waals surface area contributed by atoms with Gasteiger partial charge in [0.15, 0.2) is 0 Å². The minimum absolute atomic E-state index is 0.0505. The molecule has 0 aromatic heterocycles. The van der Waals surface area contributed by atoms with Crippen LogP contribution in [0.25, 0.3) is 0 Å². The number of rotatable bonds is 7. The molecule has 1 aliphatic heterocycles. The van der Waals surface area contributed by atoms with Crippen LogP contribution in [0.1, 0.15) is 30.5 Å². The molecule has 4 amide bonds. The molecule has 0 saturated carbocycles. The molecule has 1 fully saturated rings. The van der Waals surface area contributed by atoms with Crippen molar-refractivity contribution >= 4 is 29.4 Å². The highest BCUT2D eigenvalue weighted by Gasteiger charge is 2.31. The number of amides is 4. The number of hydrogen-bond donors (Lipinski definition) is 1. The van der Waals surface area contributed by atoms with Gasteiger partial charge >= 0.3 is 6.03 Å². The first-order valence-electron chi connectivity index (χ1n) is 10.8. The standard InChI is InChI=1S/C24H28ClFN4O3/c1-17(31)30(24(27)33)16-22(20-4-2-3-5-21(20)26)28-12-14-29(15-13-28)23(32)11-8-18-6-9-19(25)10-7-18/h2-7,9-10,22H,8,11-16H2,1H3,(H2,27,33). The van der Waals surface area contributed by atoms with Crippen LogP contribution in [0, 0.1) is 5.82 Å². The van der Waals surface area contributed by atoms with Gasteiger partial charge in [-0.2, -0.15) is 0 Å². The summed E-state index contributed by atoms with van der Waals surface area (Å²) in [6.45, 7) is 3.10. The number of aryl methyl sites for hydroxylation is 1. The summed E-state index contributed by atoms with van der Waals surface area (Å²) in [5.74, 6) is -0.869. The number of imide groups is 1. The van der Waals surface area contributed by atoms with E-state index >= 15 is 0 Å². The van der Waals surface area contributed by atoms with Crippen molar-refractivity contribution in [2.75, 3.05) is 32.7 Å². The van der Waals surface area contributed by atoms with Crippen molar-refractivity contribution in [3.05, 3.63) is 70.5 Å². The fourth-order valence-corrected chi connectivity index (χ4v) is 4.17. The molecule has 2 N–H and O–H groups in total. The number of nitrogens with zero attached hydrogens (tertiary/aromatic N) is 3. The summed E-state index contributed by atoms with van der Waals surface area (Å²) < 4.78 is 14.6. The van der Waals surface area contributed by atoms with E-state index in [9.17, 15) is 18.8 Å². The topological polar surface area (TPSA) is 87.0 Å². The average molecular weight is 475 g/mol. The van der Waals surface area contributed by atoms with Gasteiger partial charge in [0.1, 0.15) is 5.82 Å². The maximum absolute atomic E-state index is 14.6. The third kappa shape index (κ3) is 6.52. The fourth-order valence-electron chi connectivity index (χ4n) is 4.05. The molecule has 0 bridgehead atoms. The van der Waals surface area contributed by atoms with Crippen molar-refractivity contribution in [1.29, 1.82) is 0 Å². The molecule has 9 heteroatoms. The van der Waals surface area contributed by atoms with E-state index in [1.54, 1.807) is 35.2 Å². The van der Waals surface area contributed by atoms with E-state index in [1.807, 2.05) is 17.0 Å². The molecule has 2 aromatic carbocycles. The van der Waals surface area contributed by atoms with Crippen LogP contribution in [0.4, 0.5) is 9.18 Å². The van der Waals surface area contributed by atoms with Crippen LogP contribution < -0.4 is 5.73 Å². The second-order valence-corrected chi connectivity index (χ2v) is 8.48. The Morgan fingerprint density at radius 3 is 2.27 bits per heavy atom. The zero-order valence-corrected chi connectivity index (χ0v) is 19.3. The highest BCUT2D eigenvalue weighted by Crippen LogP contribution is 2.26. The Balaban J connectivity index is 1.65. The smallest absolute Gasteiger partial charge is 0.321 e. The molecule has 2 aromatic rings. The Morgan fingerprint density at radius 1 is 1.06 bits per heavy atom. The van der Waals surface area contributed by atoms with Crippen LogP contribution >= 0.6 is 11.6 Å². The van der Waals surface area contributed by atoms with Crippen LogP contribution in [0.5, 0.6) is 0 Å². The van der Waals surface area contributed by atoms with Gasteiger partial charge in [-0.25, -0.2) is 9.18 Å². The summed E-state index contributed by atoms with van der Waals surface area (Å²) >= 11 is 5.90. The van der Waals surface area contributed by atoms with Crippen LogP contribution in [-0.2, 0) is 16.0 Å². The Kier molecular flexibility index (Phi) is 8.41. The van der Waals surface area contributed by atoms with E-state index in [2.05, 4.69) is 0 Å². The van der Waals surface area contributed by atoms with Crippen molar-refractivity contribution in [1.82, 2.24) is 14.7 Å². The lowest BCUT2D eigenvalue weighted by molar-refractivity contribution is -0.133. The summed E-state index contributed by atoms with van der Waals surface area (Å²) in [5.41, 5.74) is 6.80. The predicted molar refractivity (Wildman–Crippen MR) is 124 cm³/mol. The first kappa shape index (κ1) is 24.7. The molecule has 1 heterocycles. The molecule has 0 radical (unpaired) electrons. The molecule has 7 nitrogen and oxygen atoms in total. The zero-order valence-electron chi connectivity index (χ0n) is 18.5. The van der Waals surface area contributed by atoms with Crippen molar-refractivity contribution in [2.45, 2.75) is 25.8 Å². The highest BCUT2D eigenvalue weighted by atomic mass is 35.5. The summed E-state index contributed by atoms with van der Waals surface area (Å²) in [7, 11) is 0. The minimum atomic E-state index is -0.875. The van der Waals surface area contributed by atoms with Gasteiger partial charge < -0.3 is 10.6 Å². The minimum Gasteiger partial charge on any atom is -0.351 e. The van der Waals surface area contributed by atoms with Gasteiger partial charge in [0.25, 0.3) is 0 Å². The Morgan fingerprint density at radius 2 is 1.70 bits per heavy atom. The third-order valence-electron chi connectivity index (χ3n) is 5.91. The lowest BCUT2D eigenvalue weighted by Gasteiger charge is -2.40. The van der Waals surface area contributed by atoms with Crippen molar-refractivity contribution in [2.24, 2.45) is 5.73 Å². The van der Waals surface area contributed by atoms with Crippen LogP contribution in [0.15, 0.2) is 48.5 Å². The number of benzene rings is 2. The number of carbonyl (C=O) groups excluding carboxylic acids is 3. The SMILES string of the molecule is CC(=O)N(CC(c1ccccc1F)N1CCN(C(=O)CCc2ccc(Cl)cc2)CC1)C(N)=O. The van der Waals surface area contributed by atoms with Crippen LogP contribution in [0.3, 0.4) is 0 Å². The lowest BCUT2D eigenvalue weighted by Crippen LogP contribution is -2.53. The number of carbonyl (C=O) groups is 3. The second kappa shape index (κ2) is 11.2. The Hall–Kier alpha value is -2.97. The van der Waals surface area contributed by atoms with Crippen molar-refractivity contribution in [3.63, 3.8) is 0 Å². The molecule has 33 heavy (non-hydrogen) atoms. The third-order valence-corrected chi connectivity index (χ3v) is 6.17. The highest BCUT2D eigenvalue weighted by molar-refractivity contribution is 6.30. The molecule has 176 valence electrons. The van der Waals surface area contributed by atoms with E-state index in [1.165, 1.54) is 13.0 Å². The molecular weight excluding hydrogens is 447 g/mol. The number of piperazine rings is 1. The van der Waals surface area contributed by atoms with Gasteiger partial charge in [-0.3, -0.25) is 19.4 Å². The normalized spacial score (nSPS) is 15.2. The lowest BCUT2D eigenvalue weighted by atomic mass is 10.0. The van der Waals surface area contributed by atoms with Gasteiger partial charge in [-0.05, 0) is 30.2 Å². The maximum atomic E-state index is 14.6. The van der Waals surface area contributed by atoms with Crippen LogP contribution in [0.2, 0.25) is 5.02 Å². The van der Waals surface area contributed by atoms with Crippen molar-refractivity contribution < 1.29 is 18.8 Å². The predicted octanol–water partition coefficient (Wildman–Crippen LogP) is 3.22. The number of primary amides is 1. The number of halogens is 2. The first-order chi connectivity index (χ1) is 15.8. The van der Waals surface area contributed by atoms with E-state index in [0.717, 1.165) is 10.5 Å². The van der Waals surface area contributed by atoms with E-state index in [4.69, 9.17) is 17.3 Å². The zero-order chi connectivity index (χ0) is 24.0. The summed E-state index contributed by atoms with van der Waals surface area (Å²) in [5, 5.41) is 0.658. The van der Waals surface area contributed by atoms with Gasteiger partial charge in [-0.15, -0.1) is 0 Å². The Labute approximate surface area is 197 Å². The fraction of sp³-hybridized carbons (Fsp3) is 0.375.